The lowest BCUT2D eigenvalue weighted by Gasteiger charge is -2.30. The monoisotopic (exact) mass is 396 g/mol. The summed E-state index contributed by atoms with van der Waals surface area (Å²) in [6.45, 7) is 0. The van der Waals surface area contributed by atoms with Gasteiger partial charge in [0, 0.05) is 19.3 Å². The van der Waals surface area contributed by atoms with Crippen molar-refractivity contribution >= 4 is 63.7 Å². The molecular weight excluding hydrogens is 392 g/mol. The molecule has 0 spiro atoms. The average Bonchev–Trinajstić information content (AvgIpc) is 1.84. The van der Waals surface area contributed by atoms with Crippen LogP contribution in [-0.2, 0) is 0 Å². The van der Waals surface area contributed by atoms with E-state index < -0.39 is 0 Å². The summed E-state index contributed by atoms with van der Waals surface area (Å²) in [5.41, 5.74) is 0. The van der Waals surface area contributed by atoms with Gasteiger partial charge < -0.3 is 0 Å². The van der Waals surface area contributed by atoms with E-state index in [4.69, 9.17) is 0 Å². The zero-order chi connectivity index (χ0) is 7.72. The van der Waals surface area contributed by atoms with Gasteiger partial charge in [0.25, 0.3) is 0 Å². The van der Waals surface area contributed by atoms with E-state index in [9.17, 15) is 0 Å². The predicted molar refractivity (Wildman–Crippen MR) is 60.1 cm³/mol. The quantitative estimate of drug-likeness (QED) is 0.543. The molecule has 0 nitrogen and oxygen atoms in total. The Bertz CT molecular complexity index is 90.3. The van der Waals surface area contributed by atoms with Crippen molar-refractivity contribution in [2.75, 3.05) is 0 Å². The fourth-order valence-electron chi connectivity index (χ4n) is 1.02. The number of rotatable bonds is 0. The lowest BCUT2D eigenvalue weighted by molar-refractivity contribution is 0.575. The summed E-state index contributed by atoms with van der Waals surface area (Å²) < 4.78 is 0. The second-order valence-corrected chi connectivity index (χ2v) is 7.24. The summed E-state index contributed by atoms with van der Waals surface area (Å²) >= 11 is 14.5. The molecule has 4 unspecified atom stereocenters. The van der Waals surface area contributed by atoms with Gasteiger partial charge >= 0.3 is 0 Å². The Labute approximate surface area is 95.0 Å². The highest BCUT2D eigenvalue weighted by atomic mass is 79.9. The van der Waals surface area contributed by atoms with Gasteiger partial charge in [-0.1, -0.05) is 63.7 Å². The van der Waals surface area contributed by atoms with Crippen molar-refractivity contribution in [1.82, 2.24) is 0 Å². The Hall–Kier alpha value is 1.92. The van der Waals surface area contributed by atoms with E-state index in [1.807, 2.05) is 0 Å². The third-order valence-corrected chi connectivity index (χ3v) is 7.15. The Kier molecular flexibility index (Phi) is 4.24. The van der Waals surface area contributed by atoms with Gasteiger partial charge in [-0.15, -0.1) is 0 Å². The molecule has 0 bridgehead atoms. The molecule has 4 atom stereocenters. The molecule has 0 radical (unpaired) electrons. The molecule has 0 saturated heterocycles. The van der Waals surface area contributed by atoms with Gasteiger partial charge in [0.1, 0.15) is 0 Å². The van der Waals surface area contributed by atoms with Crippen molar-refractivity contribution in [1.29, 1.82) is 0 Å². The molecule has 0 aromatic rings. The molecule has 1 rings (SSSR count). The Morgan fingerprint density at radius 3 is 1.00 bits per heavy atom. The average molecular weight is 400 g/mol. The summed E-state index contributed by atoms with van der Waals surface area (Å²) in [5.74, 6) is 0. The molecule has 1 saturated carbocycles. The fraction of sp³-hybridized carbons (Fsp3) is 1.00. The van der Waals surface area contributed by atoms with Crippen LogP contribution in [-0.4, -0.2) is 19.3 Å². The molecule has 1 fully saturated rings. The maximum absolute atomic E-state index is 3.62. The first-order valence-electron chi connectivity index (χ1n) is 3.17. The zero-order valence-electron chi connectivity index (χ0n) is 5.24. The Balaban J connectivity index is 2.46. The number of alkyl halides is 4. The molecule has 0 N–H and O–H groups in total. The molecule has 1 aliphatic carbocycles. The summed E-state index contributed by atoms with van der Waals surface area (Å²) in [6, 6.07) is 0. The van der Waals surface area contributed by atoms with Gasteiger partial charge in [0.15, 0.2) is 0 Å². The van der Waals surface area contributed by atoms with Crippen LogP contribution >= 0.6 is 63.7 Å². The van der Waals surface area contributed by atoms with Gasteiger partial charge in [-0.25, -0.2) is 0 Å². The first-order chi connectivity index (χ1) is 4.61. The number of hydrogen-bond donors (Lipinski definition) is 0. The van der Waals surface area contributed by atoms with Crippen molar-refractivity contribution < 1.29 is 0 Å². The molecule has 0 aromatic carbocycles. The maximum atomic E-state index is 3.62. The highest BCUT2D eigenvalue weighted by Gasteiger charge is 2.31. The summed E-state index contributed by atoms with van der Waals surface area (Å²) in [6.07, 6.45) is 2.37. The number of halogens is 4. The highest BCUT2D eigenvalue weighted by molar-refractivity contribution is 9.13. The molecule has 0 amide bonds. The topological polar surface area (TPSA) is 0 Å². The van der Waals surface area contributed by atoms with Crippen molar-refractivity contribution in [3.63, 3.8) is 0 Å². The first kappa shape index (κ1) is 10.0. The van der Waals surface area contributed by atoms with E-state index in [-0.39, 0.29) is 0 Å². The molecule has 60 valence electrons. The third-order valence-electron chi connectivity index (χ3n) is 1.69. The van der Waals surface area contributed by atoms with Crippen LogP contribution in [0.3, 0.4) is 0 Å². The second-order valence-electron chi connectivity index (χ2n) is 2.54. The lowest BCUT2D eigenvalue weighted by Crippen LogP contribution is -2.33. The van der Waals surface area contributed by atoms with Crippen molar-refractivity contribution in [2.45, 2.75) is 32.2 Å². The SMILES string of the molecule is BrC1CC(Br)C(Br)CC1Br. The van der Waals surface area contributed by atoms with E-state index in [1.54, 1.807) is 0 Å². The van der Waals surface area contributed by atoms with E-state index in [0.717, 1.165) is 0 Å². The fourth-order valence-corrected chi connectivity index (χ4v) is 4.50. The van der Waals surface area contributed by atoms with Gasteiger partial charge in [-0.2, -0.15) is 0 Å². The summed E-state index contributed by atoms with van der Waals surface area (Å²) in [4.78, 5) is 2.47. The third kappa shape index (κ3) is 2.46. The molecule has 4 heteroatoms. The first-order valence-corrected chi connectivity index (χ1v) is 6.84. The largest absolute Gasteiger partial charge is 0.0878 e. The normalized spacial score (nSPS) is 49.2. The molecule has 0 aliphatic heterocycles. The van der Waals surface area contributed by atoms with Crippen LogP contribution in [0.25, 0.3) is 0 Å². The molecular formula is C6H8Br4. The molecule has 0 aromatic heterocycles. The lowest BCUT2D eigenvalue weighted by atomic mass is 10.0. The van der Waals surface area contributed by atoms with Crippen LogP contribution in [0, 0.1) is 0 Å². The van der Waals surface area contributed by atoms with Crippen LogP contribution in [0.2, 0.25) is 0 Å². The summed E-state index contributed by atoms with van der Waals surface area (Å²) in [7, 11) is 0. The van der Waals surface area contributed by atoms with E-state index in [2.05, 4.69) is 63.7 Å². The Morgan fingerprint density at radius 2 is 0.800 bits per heavy atom. The van der Waals surface area contributed by atoms with E-state index in [1.165, 1.54) is 12.8 Å². The van der Waals surface area contributed by atoms with Crippen molar-refractivity contribution in [2.24, 2.45) is 0 Å². The van der Waals surface area contributed by atoms with Gasteiger partial charge in [0.05, 0.1) is 0 Å². The van der Waals surface area contributed by atoms with E-state index >= 15 is 0 Å². The summed E-state index contributed by atoms with van der Waals surface area (Å²) in [5, 5.41) is 0. The zero-order valence-corrected chi connectivity index (χ0v) is 11.6. The predicted octanol–water partition coefficient (Wildman–Crippen LogP) is 3.83. The minimum absolute atomic E-state index is 0.616. The standard InChI is InChI=1S/C6H8Br4/c7-3-1-4(8)6(10)2-5(3)9/h3-6H,1-2H2. The minimum Gasteiger partial charge on any atom is -0.0878 e. The van der Waals surface area contributed by atoms with Crippen LogP contribution in [0.5, 0.6) is 0 Å². The highest BCUT2D eigenvalue weighted by Crippen LogP contribution is 2.37. The molecule has 0 heterocycles. The molecule has 10 heavy (non-hydrogen) atoms. The van der Waals surface area contributed by atoms with Crippen LogP contribution in [0.4, 0.5) is 0 Å². The van der Waals surface area contributed by atoms with Gasteiger partial charge in [-0.3, -0.25) is 0 Å². The minimum atomic E-state index is 0.616. The Morgan fingerprint density at radius 1 is 0.600 bits per heavy atom. The molecule has 1 aliphatic rings. The van der Waals surface area contributed by atoms with Crippen molar-refractivity contribution in [3.8, 4) is 0 Å². The van der Waals surface area contributed by atoms with Gasteiger partial charge in [-0.05, 0) is 12.8 Å². The van der Waals surface area contributed by atoms with E-state index in [0.29, 0.717) is 19.3 Å². The second kappa shape index (κ2) is 4.24. The van der Waals surface area contributed by atoms with Crippen LogP contribution in [0.15, 0.2) is 0 Å². The van der Waals surface area contributed by atoms with Gasteiger partial charge in [0.2, 0.25) is 0 Å². The maximum Gasteiger partial charge on any atom is 0.0282 e. The number of hydrogen-bond acceptors (Lipinski definition) is 0. The smallest absolute Gasteiger partial charge is 0.0282 e. The van der Waals surface area contributed by atoms with Crippen molar-refractivity contribution in [3.05, 3.63) is 0 Å². The van der Waals surface area contributed by atoms with Crippen LogP contribution in [0.1, 0.15) is 12.8 Å². The van der Waals surface area contributed by atoms with Crippen LogP contribution < -0.4 is 0 Å².